The van der Waals surface area contributed by atoms with E-state index in [9.17, 15) is 9.59 Å². The molecule has 0 aliphatic heterocycles. The standard InChI is InChI=1S/C11H12O5/c1-3-15-10-6-8(16-7(2)12)4-5-9(10)11(13)14/h4-6H,3H2,1-2H3,(H,13,14). The lowest BCUT2D eigenvalue weighted by atomic mass is 10.2. The van der Waals surface area contributed by atoms with Gasteiger partial charge in [-0.05, 0) is 19.1 Å². The Morgan fingerprint density at radius 3 is 2.56 bits per heavy atom. The third-order valence-corrected chi connectivity index (χ3v) is 1.74. The van der Waals surface area contributed by atoms with Crippen molar-refractivity contribution in [2.75, 3.05) is 6.61 Å². The molecule has 86 valence electrons. The quantitative estimate of drug-likeness (QED) is 0.622. The van der Waals surface area contributed by atoms with Crippen LogP contribution in [0.4, 0.5) is 0 Å². The Morgan fingerprint density at radius 1 is 1.38 bits per heavy atom. The van der Waals surface area contributed by atoms with E-state index in [1.165, 1.54) is 25.1 Å². The number of benzene rings is 1. The maximum Gasteiger partial charge on any atom is 0.339 e. The van der Waals surface area contributed by atoms with Crippen molar-refractivity contribution in [3.63, 3.8) is 0 Å². The molecule has 0 aliphatic carbocycles. The van der Waals surface area contributed by atoms with E-state index in [1.54, 1.807) is 6.92 Å². The molecule has 5 heteroatoms. The molecule has 1 aromatic carbocycles. The SMILES string of the molecule is CCOc1cc(OC(C)=O)ccc1C(=O)O. The van der Waals surface area contributed by atoms with Crippen LogP contribution in [-0.2, 0) is 4.79 Å². The number of carbonyl (C=O) groups excluding carboxylic acids is 1. The summed E-state index contributed by atoms with van der Waals surface area (Å²) in [4.78, 5) is 21.6. The highest BCUT2D eigenvalue weighted by Gasteiger charge is 2.12. The fourth-order valence-electron chi connectivity index (χ4n) is 1.18. The van der Waals surface area contributed by atoms with Crippen molar-refractivity contribution in [1.29, 1.82) is 0 Å². The Hall–Kier alpha value is -2.04. The van der Waals surface area contributed by atoms with Crippen LogP contribution in [0.2, 0.25) is 0 Å². The van der Waals surface area contributed by atoms with Crippen LogP contribution < -0.4 is 9.47 Å². The number of esters is 1. The molecule has 16 heavy (non-hydrogen) atoms. The van der Waals surface area contributed by atoms with E-state index in [2.05, 4.69) is 0 Å². The normalized spacial score (nSPS) is 9.62. The second kappa shape index (κ2) is 5.16. The zero-order valence-electron chi connectivity index (χ0n) is 9.02. The number of carboxylic acid groups (broad SMARTS) is 1. The summed E-state index contributed by atoms with van der Waals surface area (Å²) in [6.07, 6.45) is 0. The van der Waals surface area contributed by atoms with Crippen LogP contribution in [-0.4, -0.2) is 23.7 Å². The number of ether oxygens (including phenoxy) is 2. The fourth-order valence-corrected chi connectivity index (χ4v) is 1.18. The minimum atomic E-state index is -1.09. The predicted molar refractivity (Wildman–Crippen MR) is 55.9 cm³/mol. The molecule has 0 amide bonds. The van der Waals surface area contributed by atoms with Crippen LogP contribution in [0.15, 0.2) is 18.2 Å². The van der Waals surface area contributed by atoms with Gasteiger partial charge in [0.15, 0.2) is 0 Å². The molecule has 0 aromatic heterocycles. The highest BCUT2D eigenvalue weighted by molar-refractivity contribution is 5.91. The molecule has 0 saturated heterocycles. The minimum absolute atomic E-state index is 0.0396. The van der Waals surface area contributed by atoms with Gasteiger partial charge in [0.2, 0.25) is 0 Å². The van der Waals surface area contributed by atoms with Gasteiger partial charge in [-0.2, -0.15) is 0 Å². The number of rotatable bonds is 4. The molecule has 0 bridgehead atoms. The van der Waals surface area contributed by atoms with Crippen molar-refractivity contribution in [1.82, 2.24) is 0 Å². The number of carbonyl (C=O) groups is 2. The maximum atomic E-state index is 10.8. The van der Waals surface area contributed by atoms with Crippen LogP contribution in [0.25, 0.3) is 0 Å². The highest BCUT2D eigenvalue weighted by atomic mass is 16.5. The summed E-state index contributed by atoms with van der Waals surface area (Å²) < 4.78 is 9.97. The first-order chi connectivity index (χ1) is 7.54. The molecule has 1 rings (SSSR count). The van der Waals surface area contributed by atoms with Gasteiger partial charge in [0.05, 0.1) is 6.61 Å². The van der Waals surface area contributed by atoms with Crippen LogP contribution in [0.1, 0.15) is 24.2 Å². The molecule has 0 aliphatic rings. The van der Waals surface area contributed by atoms with E-state index in [4.69, 9.17) is 14.6 Å². The summed E-state index contributed by atoms with van der Waals surface area (Å²) in [5, 5.41) is 8.88. The molecule has 0 unspecified atom stereocenters. The molecule has 5 nitrogen and oxygen atoms in total. The number of hydrogen-bond donors (Lipinski definition) is 1. The summed E-state index contributed by atoms with van der Waals surface area (Å²) >= 11 is 0. The van der Waals surface area contributed by atoms with E-state index in [-0.39, 0.29) is 17.1 Å². The van der Waals surface area contributed by atoms with Crippen molar-refractivity contribution in [2.24, 2.45) is 0 Å². The Labute approximate surface area is 92.6 Å². The van der Waals surface area contributed by atoms with E-state index in [0.717, 1.165) is 0 Å². The largest absolute Gasteiger partial charge is 0.493 e. The van der Waals surface area contributed by atoms with Crippen molar-refractivity contribution in [3.05, 3.63) is 23.8 Å². The monoisotopic (exact) mass is 224 g/mol. The number of hydrogen-bond acceptors (Lipinski definition) is 4. The Bertz CT molecular complexity index is 411. The Kier molecular flexibility index (Phi) is 3.88. The summed E-state index contributed by atoms with van der Waals surface area (Å²) in [7, 11) is 0. The highest BCUT2D eigenvalue weighted by Crippen LogP contribution is 2.25. The molecule has 1 N–H and O–H groups in total. The molecule has 0 spiro atoms. The summed E-state index contributed by atoms with van der Waals surface area (Å²) in [6.45, 7) is 3.35. The van der Waals surface area contributed by atoms with Gasteiger partial charge in [0, 0.05) is 13.0 Å². The van der Waals surface area contributed by atoms with E-state index < -0.39 is 11.9 Å². The van der Waals surface area contributed by atoms with Gasteiger partial charge in [-0.1, -0.05) is 0 Å². The Balaban J connectivity index is 3.06. The average molecular weight is 224 g/mol. The van der Waals surface area contributed by atoms with Gasteiger partial charge in [-0.15, -0.1) is 0 Å². The summed E-state index contributed by atoms with van der Waals surface area (Å²) in [5.74, 6) is -1.10. The lowest BCUT2D eigenvalue weighted by Gasteiger charge is -2.08. The lowest BCUT2D eigenvalue weighted by molar-refractivity contribution is -0.131. The van der Waals surface area contributed by atoms with Crippen molar-refractivity contribution >= 4 is 11.9 Å². The molecule has 1 aromatic rings. The van der Waals surface area contributed by atoms with Gasteiger partial charge < -0.3 is 14.6 Å². The molecule has 0 atom stereocenters. The summed E-state index contributed by atoms with van der Waals surface area (Å²) in [5.41, 5.74) is 0.0396. The zero-order chi connectivity index (χ0) is 12.1. The zero-order valence-corrected chi connectivity index (χ0v) is 9.02. The van der Waals surface area contributed by atoms with E-state index in [1.807, 2.05) is 0 Å². The second-order valence-electron chi connectivity index (χ2n) is 2.99. The molecular weight excluding hydrogens is 212 g/mol. The Morgan fingerprint density at radius 2 is 2.06 bits per heavy atom. The van der Waals surface area contributed by atoms with Crippen LogP contribution in [0.3, 0.4) is 0 Å². The van der Waals surface area contributed by atoms with Crippen molar-refractivity contribution in [3.8, 4) is 11.5 Å². The average Bonchev–Trinajstić information content (AvgIpc) is 2.17. The smallest absolute Gasteiger partial charge is 0.339 e. The van der Waals surface area contributed by atoms with Crippen molar-refractivity contribution in [2.45, 2.75) is 13.8 Å². The predicted octanol–water partition coefficient (Wildman–Crippen LogP) is 1.71. The first-order valence-electron chi connectivity index (χ1n) is 4.73. The number of carboxylic acids is 1. The molecular formula is C11H12O5. The van der Waals surface area contributed by atoms with Gasteiger partial charge in [-0.25, -0.2) is 4.79 Å². The van der Waals surface area contributed by atoms with Gasteiger partial charge in [-0.3, -0.25) is 4.79 Å². The fraction of sp³-hybridized carbons (Fsp3) is 0.273. The van der Waals surface area contributed by atoms with Gasteiger partial charge in [0.1, 0.15) is 17.1 Å². The topological polar surface area (TPSA) is 72.8 Å². The molecule has 0 radical (unpaired) electrons. The van der Waals surface area contributed by atoms with Gasteiger partial charge >= 0.3 is 11.9 Å². The van der Waals surface area contributed by atoms with E-state index in [0.29, 0.717) is 6.61 Å². The minimum Gasteiger partial charge on any atom is -0.493 e. The molecule has 0 heterocycles. The maximum absolute atomic E-state index is 10.8. The lowest BCUT2D eigenvalue weighted by Crippen LogP contribution is -2.05. The van der Waals surface area contributed by atoms with Crippen LogP contribution in [0, 0.1) is 0 Å². The first kappa shape index (κ1) is 12.0. The van der Waals surface area contributed by atoms with Gasteiger partial charge in [0.25, 0.3) is 0 Å². The third kappa shape index (κ3) is 2.98. The van der Waals surface area contributed by atoms with Crippen molar-refractivity contribution < 1.29 is 24.2 Å². The first-order valence-corrected chi connectivity index (χ1v) is 4.73. The molecule has 0 saturated carbocycles. The van der Waals surface area contributed by atoms with Crippen LogP contribution in [0.5, 0.6) is 11.5 Å². The summed E-state index contributed by atoms with van der Waals surface area (Å²) in [6, 6.07) is 4.13. The van der Waals surface area contributed by atoms with E-state index >= 15 is 0 Å². The molecule has 0 fully saturated rings. The van der Waals surface area contributed by atoms with Crippen LogP contribution >= 0.6 is 0 Å². The third-order valence-electron chi connectivity index (χ3n) is 1.74. The second-order valence-corrected chi connectivity index (χ2v) is 2.99. The number of aromatic carboxylic acids is 1.